The Balaban J connectivity index is 0.00000225. The van der Waals surface area contributed by atoms with Crippen LogP contribution >= 0.6 is 12.4 Å². The van der Waals surface area contributed by atoms with Crippen molar-refractivity contribution in [3.63, 3.8) is 0 Å². The van der Waals surface area contributed by atoms with Crippen LogP contribution in [0.15, 0.2) is 24.3 Å². The molecule has 1 aromatic carbocycles. The fourth-order valence-corrected chi connectivity index (χ4v) is 3.31. The first-order valence-electron chi connectivity index (χ1n) is 8.40. The SMILES string of the molecule is Cl.O=C(NCC(=O)N1CCC(N2CCNCC2)C1)c1cccc(F)c1. The van der Waals surface area contributed by atoms with E-state index in [4.69, 9.17) is 0 Å². The lowest BCUT2D eigenvalue weighted by Crippen LogP contribution is -2.49. The minimum Gasteiger partial charge on any atom is -0.343 e. The lowest BCUT2D eigenvalue weighted by atomic mass is 10.2. The summed E-state index contributed by atoms with van der Waals surface area (Å²) >= 11 is 0. The molecule has 1 unspecified atom stereocenters. The van der Waals surface area contributed by atoms with E-state index >= 15 is 0 Å². The second-order valence-corrected chi connectivity index (χ2v) is 6.26. The second-order valence-electron chi connectivity index (χ2n) is 6.26. The first-order valence-corrected chi connectivity index (χ1v) is 8.40. The molecule has 0 radical (unpaired) electrons. The first kappa shape index (κ1) is 19.6. The molecule has 0 saturated carbocycles. The van der Waals surface area contributed by atoms with E-state index in [9.17, 15) is 14.0 Å². The minimum atomic E-state index is -0.465. The van der Waals surface area contributed by atoms with Crippen molar-refractivity contribution < 1.29 is 14.0 Å². The number of hydrogen-bond donors (Lipinski definition) is 2. The molecule has 2 amide bonds. The lowest BCUT2D eigenvalue weighted by molar-refractivity contribution is -0.129. The number of nitrogens with one attached hydrogen (secondary N) is 2. The summed E-state index contributed by atoms with van der Waals surface area (Å²) in [5.41, 5.74) is 0.225. The van der Waals surface area contributed by atoms with E-state index in [1.165, 1.54) is 18.2 Å². The standard InChI is InChI=1S/C17H23FN4O2.ClH/c18-14-3-1-2-13(10-14)17(24)20-11-16(23)22-7-4-15(12-22)21-8-5-19-6-9-21;/h1-3,10,15,19H,4-9,11-12H2,(H,20,24);1H. The monoisotopic (exact) mass is 370 g/mol. The zero-order valence-corrected chi connectivity index (χ0v) is 14.9. The molecule has 2 aliphatic rings. The zero-order valence-electron chi connectivity index (χ0n) is 14.0. The fraction of sp³-hybridized carbons (Fsp3) is 0.529. The summed E-state index contributed by atoms with van der Waals surface area (Å²) in [6.45, 7) is 5.41. The average Bonchev–Trinajstić information content (AvgIpc) is 3.10. The van der Waals surface area contributed by atoms with Crippen molar-refractivity contribution in [3.8, 4) is 0 Å². The van der Waals surface area contributed by atoms with Gasteiger partial charge in [-0.1, -0.05) is 6.07 Å². The van der Waals surface area contributed by atoms with Gasteiger partial charge in [-0.3, -0.25) is 14.5 Å². The van der Waals surface area contributed by atoms with Gasteiger partial charge in [-0.05, 0) is 24.6 Å². The van der Waals surface area contributed by atoms with E-state index < -0.39 is 11.7 Å². The highest BCUT2D eigenvalue weighted by molar-refractivity contribution is 5.96. The number of rotatable bonds is 4. The van der Waals surface area contributed by atoms with Crippen LogP contribution in [-0.4, -0.2) is 73.5 Å². The summed E-state index contributed by atoms with van der Waals surface area (Å²) in [5, 5.41) is 5.90. The molecule has 25 heavy (non-hydrogen) atoms. The predicted octanol–water partition coefficient (Wildman–Crippen LogP) is 0.483. The highest BCUT2D eigenvalue weighted by Crippen LogP contribution is 2.16. The molecule has 2 fully saturated rings. The number of piperazine rings is 1. The molecule has 2 N–H and O–H groups in total. The molecule has 2 heterocycles. The van der Waals surface area contributed by atoms with E-state index in [0.29, 0.717) is 12.6 Å². The van der Waals surface area contributed by atoms with E-state index in [1.807, 2.05) is 0 Å². The smallest absolute Gasteiger partial charge is 0.251 e. The van der Waals surface area contributed by atoms with Gasteiger partial charge in [0.2, 0.25) is 5.91 Å². The molecule has 2 saturated heterocycles. The summed E-state index contributed by atoms with van der Waals surface area (Å²) in [5.74, 6) is -0.981. The number of likely N-dealkylation sites (tertiary alicyclic amines) is 1. The normalized spacial score (nSPS) is 20.8. The van der Waals surface area contributed by atoms with E-state index in [1.54, 1.807) is 4.90 Å². The van der Waals surface area contributed by atoms with Crippen LogP contribution in [-0.2, 0) is 4.79 Å². The Morgan fingerprint density at radius 3 is 2.72 bits per heavy atom. The lowest BCUT2D eigenvalue weighted by Gasteiger charge is -2.32. The van der Waals surface area contributed by atoms with Crippen molar-refractivity contribution in [1.29, 1.82) is 0 Å². The average molecular weight is 371 g/mol. The van der Waals surface area contributed by atoms with Crippen LogP contribution in [0.4, 0.5) is 4.39 Å². The number of carbonyl (C=O) groups excluding carboxylic acids is 2. The highest BCUT2D eigenvalue weighted by atomic mass is 35.5. The molecule has 0 bridgehead atoms. The van der Waals surface area contributed by atoms with Crippen LogP contribution < -0.4 is 10.6 Å². The number of halogens is 2. The third kappa shape index (κ3) is 5.14. The molecule has 8 heteroatoms. The Kier molecular flexibility index (Phi) is 7.16. The van der Waals surface area contributed by atoms with Gasteiger partial charge in [-0.2, -0.15) is 0 Å². The molecule has 1 atom stereocenters. The molecule has 0 spiro atoms. The van der Waals surface area contributed by atoms with Crippen molar-refractivity contribution in [2.75, 3.05) is 45.8 Å². The van der Waals surface area contributed by atoms with Crippen molar-refractivity contribution in [1.82, 2.24) is 20.4 Å². The summed E-state index contributed by atoms with van der Waals surface area (Å²) < 4.78 is 13.1. The van der Waals surface area contributed by atoms with Crippen molar-refractivity contribution in [3.05, 3.63) is 35.6 Å². The van der Waals surface area contributed by atoms with Crippen LogP contribution in [0.25, 0.3) is 0 Å². The summed E-state index contributed by atoms with van der Waals surface area (Å²) in [7, 11) is 0. The summed E-state index contributed by atoms with van der Waals surface area (Å²) in [6, 6.07) is 5.86. The van der Waals surface area contributed by atoms with Gasteiger partial charge in [0.05, 0.1) is 6.54 Å². The molecule has 1 aromatic rings. The van der Waals surface area contributed by atoms with Crippen LogP contribution in [0.5, 0.6) is 0 Å². The second kappa shape index (κ2) is 9.12. The van der Waals surface area contributed by atoms with Crippen LogP contribution in [0.3, 0.4) is 0 Å². The maximum Gasteiger partial charge on any atom is 0.251 e. The van der Waals surface area contributed by atoms with E-state index in [0.717, 1.165) is 45.2 Å². The largest absolute Gasteiger partial charge is 0.343 e. The number of hydrogen-bond acceptors (Lipinski definition) is 4. The van der Waals surface area contributed by atoms with Gasteiger partial charge >= 0.3 is 0 Å². The molecule has 0 aliphatic carbocycles. The number of benzene rings is 1. The Bertz CT molecular complexity index is 610. The van der Waals surface area contributed by atoms with Gasteiger partial charge in [0, 0.05) is 50.9 Å². The van der Waals surface area contributed by atoms with Gasteiger partial charge in [0.25, 0.3) is 5.91 Å². The summed E-state index contributed by atoms with van der Waals surface area (Å²) in [4.78, 5) is 28.5. The molecule has 138 valence electrons. The van der Waals surface area contributed by atoms with E-state index in [-0.39, 0.29) is 30.4 Å². The predicted molar refractivity (Wildman–Crippen MR) is 95.4 cm³/mol. The third-order valence-corrected chi connectivity index (χ3v) is 4.67. The van der Waals surface area contributed by atoms with Gasteiger partial charge in [0.1, 0.15) is 5.82 Å². The quantitative estimate of drug-likeness (QED) is 0.809. The molecule has 0 aromatic heterocycles. The van der Waals surface area contributed by atoms with Crippen molar-refractivity contribution >= 4 is 24.2 Å². The fourth-order valence-electron chi connectivity index (χ4n) is 3.31. The van der Waals surface area contributed by atoms with Crippen molar-refractivity contribution in [2.45, 2.75) is 12.5 Å². The number of carbonyl (C=O) groups is 2. The number of amides is 2. The highest BCUT2D eigenvalue weighted by Gasteiger charge is 2.30. The van der Waals surface area contributed by atoms with Crippen molar-refractivity contribution in [2.24, 2.45) is 0 Å². The maximum atomic E-state index is 13.1. The Labute approximate surface area is 153 Å². The zero-order chi connectivity index (χ0) is 16.9. The number of nitrogens with zero attached hydrogens (tertiary/aromatic N) is 2. The Morgan fingerprint density at radius 1 is 1.24 bits per heavy atom. The van der Waals surface area contributed by atoms with Gasteiger partial charge in [0.15, 0.2) is 0 Å². The van der Waals surface area contributed by atoms with E-state index in [2.05, 4.69) is 15.5 Å². The van der Waals surface area contributed by atoms with Gasteiger partial charge in [-0.25, -0.2) is 4.39 Å². The molecular formula is C17H24ClFN4O2. The van der Waals surface area contributed by atoms with Crippen LogP contribution in [0, 0.1) is 5.82 Å². The van der Waals surface area contributed by atoms with Crippen LogP contribution in [0.1, 0.15) is 16.8 Å². The molecular weight excluding hydrogens is 347 g/mol. The molecule has 3 rings (SSSR count). The first-order chi connectivity index (χ1) is 11.6. The molecule has 6 nitrogen and oxygen atoms in total. The summed E-state index contributed by atoms with van der Waals surface area (Å²) in [6.07, 6.45) is 0.976. The Hall–Kier alpha value is -1.70. The van der Waals surface area contributed by atoms with Crippen LogP contribution in [0.2, 0.25) is 0 Å². The Morgan fingerprint density at radius 2 is 2.00 bits per heavy atom. The topological polar surface area (TPSA) is 64.7 Å². The third-order valence-electron chi connectivity index (χ3n) is 4.67. The van der Waals surface area contributed by atoms with Gasteiger partial charge < -0.3 is 15.5 Å². The minimum absolute atomic E-state index is 0. The maximum absolute atomic E-state index is 13.1. The van der Waals surface area contributed by atoms with Gasteiger partial charge in [-0.15, -0.1) is 12.4 Å². The molecule has 2 aliphatic heterocycles.